The molecule has 6 heteroatoms. The van der Waals surface area contributed by atoms with Gasteiger partial charge in [-0.25, -0.2) is 9.37 Å². The fourth-order valence-electron chi connectivity index (χ4n) is 3.29. The largest absolute Gasteiger partial charge is 0.462 e. The minimum absolute atomic E-state index is 0.172. The van der Waals surface area contributed by atoms with Gasteiger partial charge in [0.15, 0.2) is 10.8 Å². The van der Waals surface area contributed by atoms with Crippen LogP contribution in [-0.2, 0) is 13.1 Å². The lowest BCUT2D eigenvalue weighted by Crippen LogP contribution is -2.41. The number of halogens is 1. The SMILES string of the molecule is Fc1ccc(CN2CCC(NCc3csc(-c4ccco4)n3)CC2)cc1. The van der Waals surface area contributed by atoms with Crippen LogP contribution in [0.4, 0.5) is 4.39 Å². The zero-order valence-electron chi connectivity index (χ0n) is 14.5. The van der Waals surface area contributed by atoms with Gasteiger partial charge in [-0.1, -0.05) is 12.1 Å². The summed E-state index contributed by atoms with van der Waals surface area (Å²) < 4.78 is 18.4. The second-order valence-electron chi connectivity index (χ2n) is 6.68. The Labute approximate surface area is 156 Å². The van der Waals surface area contributed by atoms with Crippen molar-refractivity contribution in [2.75, 3.05) is 13.1 Å². The fourth-order valence-corrected chi connectivity index (χ4v) is 4.08. The number of piperidine rings is 1. The second kappa shape index (κ2) is 8.12. The van der Waals surface area contributed by atoms with E-state index in [1.165, 1.54) is 17.7 Å². The summed E-state index contributed by atoms with van der Waals surface area (Å²) in [6.45, 7) is 3.80. The first kappa shape index (κ1) is 17.4. The number of hydrogen-bond acceptors (Lipinski definition) is 5. The van der Waals surface area contributed by atoms with Gasteiger partial charge in [0.05, 0.1) is 12.0 Å². The third-order valence-corrected chi connectivity index (χ3v) is 5.67. The molecule has 136 valence electrons. The van der Waals surface area contributed by atoms with Crippen molar-refractivity contribution in [3.8, 4) is 10.8 Å². The summed E-state index contributed by atoms with van der Waals surface area (Å²) in [6.07, 6.45) is 3.92. The molecule has 0 spiro atoms. The van der Waals surface area contributed by atoms with Crippen LogP contribution in [0.1, 0.15) is 24.1 Å². The summed E-state index contributed by atoms with van der Waals surface area (Å²) in [7, 11) is 0. The summed E-state index contributed by atoms with van der Waals surface area (Å²) in [5.41, 5.74) is 2.24. The van der Waals surface area contributed by atoms with Crippen LogP contribution in [0.15, 0.2) is 52.5 Å². The van der Waals surface area contributed by atoms with Gasteiger partial charge in [-0.2, -0.15) is 0 Å². The zero-order valence-corrected chi connectivity index (χ0v) is 15.3. The number of furan rings is 1. The van der Waals surface area contributed by atoms with E-state index < -0.39 is 0 Å². The van der Waals surface area contributed by atoms with E-state index in [0.29, 0.717) is 6.04 Å². The van der Waals surface area contributed by atoms with E-state index in [0.717, 1.165) is 55.5 Å². The first-order chi connectivity index (χ1) is 12.8. The molecule has 0 amide bonds. The maximum absolute atomic E-state index is 13.0. The van der Waals surface area contributed by atoms with Crippen LogP contribution < -0.4 is 5.32 Å². The summed E-state index contributed by atoms with van der Waals surface area (Å²) in [5.74, 6) is 0.657. The summed E-state index contributed by atoms with van der Waals surface area (Å²) in [5, 5.41) is 6.65. The molecule has 26 heavy (non-hydrogen) atoms. The van der Waals surface area contributed by atoms with Crippen molar-refractivity contribution in [1.29, 1.82) is 0 Å². The van der Waals surface area contributed by atoms with Crippen molar-refractivity contribution in [3.63, 3.8) is 0 Å². The highest BCUT2D eigenvalue weighted by Gasteiger charge is 2.19. The predicted octanol–water partition coefficient (Wildman–Crippen LogP) is 4.30. The van der Waals surface area contributed by atoms with Crippen molar-refractivity contribution < 1.29 is 8.81 Å². The van der Waals surface area contributed by atoms with Crippen LogP contribution >= 0.6 is 11.3 Å². The quantitative estimate of drug-likeness (QED) is 0.702. The number of nitrogens with one attached hydrogen (secondary N) is 1. The first-order valence-electron chi connectivity index (χ1n) is 8.95. The zero-order chi connectivity index (χ0) is 17.8. The molecule has 1 aliphatic heterocycles. The fraction of sp³-hybridized carbons (Fsp3) is 0.350. The van der Waals surface area contributed by atoms with Crippen molar-refractivity contribution in [3.05, 3.63) is 65.1 Å². The summed E-state index contributed by atoms with van der Waals surface area (Å²) in [4.78, 5) is 7.07. The van der Waals surface area contributed by atoms with E-state index in [1.807, 2.05) is 24.3 Å². The van der Waals surface area contributed by atoms with Crippen LogP contribution in [-0.4, -0.2) is 29.0 Å². The van der Waals surface area contributed by atoms with Crippen LogP contribution in [0.2, 0.25) is 0 Å². The molecule has 3 heterocycles. The molecule has 0 bridgehead atoms. The second-order valence-corrected chi connectivity index (χ2v) is 7.54. The van der Waals surface area contributed by atoms with Gasteiger partial charge in [0.25, 0.3) is 0 Å². The van der Waals surface area contributed by atoms with Crippen LogP contribution in [0.3, 0.4) is 0 Å². The van der Waals surface area contributed by atoms with E-state index in [1.54, 1.807) is 17.6 Å². The van der Waals surface area contributed by atoms with E-state index in [9.17, 15) is 4.39 Å². The summed E-state index contributed by atoms with van der Waals surface area (Å²) >= 11 is 1.62. The van der Waals surface area contributed by atoms with E-state index in [2.05, 4.69) is 20.6 Å². The standard InChI is InChI=1S/C20H22FN3OS/c21-16-5-3-15(4-6-16)13-24-9-7-17(8-10-24)22-12-18-14-26-20(23-18)19-2-1-11-25-19/h1-6,11,14,17,22H,7-10,12-13H2. The van der Waals surface area contributed by atoms with Gasteiger partial charge in [0.1, 0.15) is 5.82 Å². The Bertz CT molecular complexity index is 808. The highest BCUT2D eigenvalue weighted by Crippen LogP contribution is 2.24. The molecule has 4 nitrogen and oxygen atoms in total. The molecule has 4 rings (SSSR count). The first-order valence-corrected chi connectivity index (χ1v) is 9.83. The Morgan fingerprint density at radius 2 is 2.00 bits per heavy atom. The van der Waals surface area contributed by atoms with Gasteiger partial charge in [0, 0.05) is 24.5 Å². The highest BCUT2D eigenvalue weighted by molar-refractivity contribution is 7.13. The van der Waals surface area contributed by atoms with E-state index in [4.69, 9.17) is 4.42 Å². The number of thiazole rings is 1. The van der Waals surface area contributed by atoms with Crippen molar-refractivity contribution >= 4 is 11.3 Å². The van der Waals surface area contributed by atoms with Crippen molar-refractivity contribution in [1.82, 2.24) is 15.2 Å². The van der Waals surface area contributed by atoms with E-state index >= 15 is 0 Å². The third kappa shape index (κ3) is 4.38. The minimum atomic E-state index is -0.172. The summed E-state index contributed by atoms with van der Waals surface area (Å²) in [6, 6.07) is 11.2. The minimum Gasteiger partial charge on any atom is -0.462 e. The molecule has 0 aliphatic carbocycles. The number of nitrogens with zero attached hydrogens (tertiary/aromatic N) is 2. The number of hydrogen-bond donors (Lipinski definition) is 1. The van der Waals surface area contributed by atoms with Gasteiger partial charge in [-0.05, 0) is 55.8 Å². The average Bonchev–Trinajstić information content (AvgIpc) is 3.34. The Morgan fingerprint density at radius 3 is 2.73 bits per heavy atom. The van der Waals surface area contributed by atoms with Crippen LogP contribution in [0, 0.1) is 5.82 Å². The molecule has 1 fully saturated rings. The lowest BCUT2D eigenvalue weighted by atomic mass is 10.0. The Morgan fingerprint density at radius 1 is 1.19 bits per heavy atom. The molecule has 1 N–H and O–H groups in total. The molecule has 2 aromatic heterocycles. The Balaban J connectivity index is 1.22. The van der Waals surface area contributed by atoms with Gasteiger partial charge < -0.3 is 9.73 Å². The normalized spacial score (nSPS) is 16.2. The molecule has 1 aromatic carbocycles. The maximum Gasteiger partial charge on any atom is 0.162 e. The molecule has 0 saturated carbocycles. The van der Waals surface area contributed by atoms with E-state index in [-0.39, 0.29) is 5.82 Å². The molecule has 1 aliphatic rings. The monoisotopic (exact) mass is 371 g/mol. The van der Waals surface area contributed by atoms with Crippen LogP contribution in [0.25, 0.3) is 10.8 Å². The average molecular weight is 371 g/mol. The number of aromatic nitrogens is 1. The molecule has 3 aromatic rings. The lowest BCUT2D eigenvalue weighted by Gasteiger charge is -2.32. The molecule has 0 atom stereocenters. The van der Waals surface area contributed by atoms with Crippen molar-refractivity contribution in [2.24, 2.45) is 0 Å². The molecule has 0 radical (unpaired) electrons. The molecular weight excluding hydrogens is 349 g/mol. The van der Waals surface area contributed by atoms with Gasteiger partial charge in [-0.3, -0.25) is 4.90 Å². The molecule has 1 saturated heterocycles. The topological polar surface area (TPSA) is 41.3 Å². The lowest BCUT2D eigenvalue weighted by molar-refractivity contribution is 0.190. The highest BCUT2D eigenvalue weighted by atomic mass is 32.1. The Kier molecular flexibility index (Phi) is 5.43. The molecule has 0 unspecified atom stereocenters. The van der Waals surface area contributed by atoms with Gasteiger partial charge in [-0.15, -0.1) is 11.3 Å². The number of rotatable bonds is 6. The Hall–Kier alpha value is -2.02. The van der Waals surface area contributed by atoms with Crippen LogP contribution in [0.5, 0.6) is 0 Å². The smallest absolute Gasteiger partial charge is 0.162 e. The number of likely N-dealkylation sites (tertiary alicyclic amines) is 1. The molecular formula is C20H22FN3OS. The van der Waals surface area contributed by atoms with Crippen molar-refractivity contribution in [2.45, 2.75) is 32.0 Å². The van der Waals surface area contributed by atoms with Gasteiger partial charge >= 0.3 is 0 Å². The predicted molar refractivity (Wildman–Crippen MR) is 101 cm³/mol. The third-order valence-electron chi connectivity index (χ3n) is 4.76. The van der Waals surface area contributed by atoms with Gasteiger partial charge in [0.2, 0.25) is 0 Å². The number of benzene rings is 1. The maximum atomic E-state index is 13.0.